The normalized spacial score (nSPS) is 11.8. The highest BCUT2D eigenvalue weighted by molar-refractivity contribution is 6.14. The van der Waals surface area contributed by atoms with E-state index in [0.717, 1.165) is 83.0 Å². The van der Waals surface area contributed by atoms with Crippen LogP contribution in [0.3, 0.4) is 0 Å². The molecule has 12 rings (SSSR count). The van der Waals surface area contributed by atoms with Crippen LogP contribution in [0.1, 0.15) is 0 Å². The molecule has 0 bridgehead atoms. The Labute approximate surface area is 333 Å². The number of fused-ring (bicyclic) bond motifs is 9. The van der Waals surface area contributed by atoms with Crippen LogP contribution >= 0.6 is 0 Å². The van der Waals surface area contributed by atoms with E-state index in [1.165, 1.54) is 33.0 Å². The van der Waals surface area contributed by atoms with E-state index in [0.29, 0.717) is 0 Å². The Kier molecular flexibility index (Phi) is 7.20. The predicted octanol–water partition coefficient (Wildman–Crippen LogP) is 14.4. The van der Waals surface area contributed by atoms with Gasteiger partial charge in [0.1, 0.15) is 5.58 Å². The molecule has 0 saturated heterocycles. The molecule has 0 aliphatic rings. The molecule has 0 amide bonds. The van der Waals surface area contributed by atoms with Gasteiger partial charge in [0.15, 0.2) is 5.58 Å². The SMILES string of the molecule is c1ccc(-c2ccc3c4ccc(-c5ccccc5)cc4n(-c4cccc5c4oc4cc(-c6ccc7ccc8ccc(-c9ccccc9)nc8c7n6)ccc45)c3c2)cc1. The van der Waals surface area contributed by atoms with E-state index in [2.05, 4.69) is 187 Å². The fourth-order valence-electron chi connectivity index (χ4n) is 8.72. The molecule has 0 fully saturated rings. The van der Waals surface area contributed by atoms with Crippen molar-refractivity contribution in [3.8, 4) is 50.5 Å². The van der Waals surface area contributed by atoms with Crippen molar-refractivity contribution in [1.29, 1.82) is 0 Å². The molecule has 58 heavy (non-hydrogen) atoms. The number of pyridine rings is 2. The fraction of sp³-hybridized carbons (Fsp3) is 0. The van der Waals surface area contributed by atoms with Crippen molar-refractivity contribution in [2.45, 2.75) is 0 Å². The minimum absolute atomic E-state index is 0.819. The molecule has 0 aliphatic carbocycles. The van der Waals surface area contributed by atoms with Crippen LogP contribution in [0.25, 0.3) is 116 Å². The predicted molar refractivity (Wildman–Crippen MR) is 240 cm³/mol. The second kappa shape index (κ2) is 12.9. The number of rotatable bonds is 5. The molecule has 4 heteroatoms. The lowest BCUT2D eigenvalue weighted by atomic mass is 10.0. The summed E-state index contributed by atoms with van der Waals surface area (Å²) in [6.45, 7) is 0. The quantitative estimate of drug-likeness (QED) is 0.165. The molecule has 8 aromatic carbocycles. The Morgan fingerprint density at radius 1 is 0.345 bits per heavy atom. The summed E-state index contributed by atoms with van der Waals surface area (Å²) < 4.78 is 9.35. The van der Waals surface area contributed by atoms with Crippen molar-refractivity contribution in [2.24, 2.45) is 0 Å². The van der Waals surface area contributed by atoms with Gasteiger partial charge in [-0.2, -0.15) is 0 Å². The second-order valence-electron chi connectivity index (χ2n) is 15.0. The van der Waals surface area contributed by atoms with Gasteiger partial charge in [-0.1, -0.05) is 158 Å². The van der Waals surface area contributed by atoms with Gasteiger partial charge in [0.25, 0.3) is 0 Å². The number of benzene rings is 8. The lowest BCUT2D eigenvalue weighted by Crippen LogP contribution is -1.95. The van der Waals surface area contributed by atoms with Crippen LogP contribution < -0.4 is 0 Å². The second-order valence-corrected chi connectivity index (χ2v) is 15.0. The van der Waals surface area contributed by atoms with Gasteiger partial charge in [0.2, 0.25) is 0 Å². The molecule has 4 aromatic heterocycles. The van der Waals surface area contributed by atoms with E-state index in [1.54, 1.807) is 0 Å². The molecule has 0 spiro atoms. The summed E-state index contributed by atoms with van der Waals surface area (Å²) in [5, 5.41) is 6.66. The standard InChI is InChI=1S/C54H33N3O/c1-4-11-34(12-5-1)39-21-26-42-43-27-22-40(35-13-6-2-7-14-35)32-50(43)57(49(42)31-39)48-18-10-17-45-44-28-23-41(33-51(44)58-54(45)48)47-30-25-38-20-19-37-24-29-46(36-15-8-3-9-16-36)55-52(37)53(38)56-47/h1-33H. The lowest BCUT2D eigenvalue weighted by molar-refractivity contribution is 0.666. The minimum Gasteiger partial charge on any atom is -0.454 e. The van der Waals surface area contributed by atoms with E-state index in [-0.39, 0.29) is 0 Å². The third-order valence-electron chi connectivity index (χ3n) is 11.6. The molecule has 270 valence electrons. The maximum Gasteiger partial charge on any atom is 0.159 e. The smallest absolute Gasteiger partial charge is 0.159 e. The molecular formula is C54H33N3O. The summed E-state index contributed by atoms with van der Waals surface area (Å²) >= 11 is 0. The first kappa shape index (κ1) is 32.4. The molecule has 0 N–H and O–H groups in total. The average Bonchev–Trinajstić information content (AvgIpc) is 3.84. The van der Waals surface area contributed by atoms with E-state index >= 15 is 0 Å². The third kappa shape index (κ3) is 5.16. The number of hydrogen-bond acceptors (Lipinski definition) is 3. The first-order valence-electron chi connectivity index (χ1n) is 19.6. The topological polar surface area (TPSA) is 43.9 Å². The highest BCUT2D eigenvalue weighted by Crippen LogP contribution is 2.41. The first-order chi connectivity index (χ1) is 28.7. The molecule has 0 saturated carbocycles. The summed E-state index contributed by atoms with van der Waals surface area (Å²) in [7, 11) is 0. The molecule has 4 heterocycles. The fourth-order valence-corrected chi connectivity index (χ4v) is 8.72. The summed E-state index contributed by atoms with van der Waals surface area (Å²) in [6, 6.07) is 70.8. The molecular weight excluding hydrogens is 707 g/mol. The average molecular weight is 740 g/mol. The highest BCUT2D eigenvalue weighted by Gasteiger charge is 2.20. The first-order valence-corrected chi connectivity index (χ1v) is 19.6. The van der Waals surface area contributed by atoms with Crippen molar-refractivity contribution >= 4 is 65.6 Å². The maximum atomic E-state index is 6.96. The monoisotopic (exact) mass is 739 g/mol. The number of aromatic nitrogens is 3. The third-order valence-corrected chi connectivity index (χ3v) is 11.6. The number of hydrogen-bond donors (Lipinski definition) is 0. The van der Waals surface area contributed by atoms with Gasteiger partial charge >= 0.3 is 0 Å². The number of furan rings is 1. The Bertz CT molecular complexity index is 3450. The summed E-state index contributed by atoms with van der Waals surface area (Å²) in [6.07, 6.45) is 0. The Hall–Kier alpha value is -7.82. The van der Waals surface area contributed by atoms with Gasteiger partial charge in [-0.3, -0.25) is 0 Å². The van der Waals surface area contributed by atoms with Crippen LogP contribution in [0.5, 0.6) is 0 Å². The number of para-hydroxylation sites is 1. The van der Waals surface area contributed by atoms with E-state index in [4.69, 9.17) is 14.4 Å². The van der Waals surface area contributed by atoms with E-state index in [9.17, 15) is 0 Å². The van der Waals surface area contributed by atoms with Crippen LogP contribution in [0.15, 0.2) is 205 Å². The summed E-state index contributed by atoms with van der Waals surface area (Å²) in [5.74, 6) is 0. The maximum absolute atomic E-state index is 6.96. The van der Waals surface area contributed by atoms with Gasteiger partial charge in [-0.15, -0.1) is 0 Å². The zero-order chi connectivity index (χ0) is 38.2. The van der Waals surface area contributed by atoms with Crippen LogP contribution in [0.4, 0.5) is 0 Å². The molecule has 12 aromatic rings. The van der Waals surface area contributed by atoms with Gasteiger partial charge in [-0.05, 0) is 64.7 Å². The zero-order valence-corrected chi connectivity index (χ0v) is 31.3. The molecule has 0 radical (unpaired) electrons. The van der Waals surface area contributed by atoms with Crippen molar-refractivity contribution in [3.63, 3.8) is 0 Å². The summed E-state index contributed by atoms with van der Waals surface area (Å²) in [4.78, 5) is 10.4. The van der Waals surface area contributed by atoms with E-state index in [1.807, 2.05) is 18.2 Å². The van der Waals surface area contributed by atoms with Crippen molar-refractivity contribution in [3.05, 3.63) is 200 Å². The molecule has 0 aliphatic heterocycles. The number of nitrogens with zero attached hydrogens (tertiary/aromatic N) is 3. The van der Waals surface area contributed by atoms with Crippen LogP contribution in [-0.2, 0) is 0 Å². The molecule has 4 nitrogen and oxygen atoms in total. The van der Waals surface area contributed by atoms with Crippen LogP contribution in [0.2, 0.25) is 0 Å². The summed E-state index contributed by atoms with van der Waals surface area (Å²) in [5.41, 5.74) is 15.3. The highest BCUT2D eigenvalue weighted by atomic mass is 16.3. The van der Waals surface area contributed by atoms with Crippen LogP contribution in [0, 0.1) is 0 Å². The zero-order valence-electron chi connectivity index (χ0n) is 31.3. The van der Waals surface area contributed by atoms with Crippen LogP contribution in [-0.4, -0.2) is 14.5 Å². The van der Waals surface area contributed by atoms with Crippen molar-refractivity contribution in [1.82, 2.24) is 14.5 Å². The van der Waals surface area contributed by atoms with Gasteiger partial charge in [0, 0.05) is 43.4 Å². The Balaban J connectivity index is 1.04. The van der Waals surface area contributed by atoms with Gasteiger partial charge in [-0.25, -0.2) is 9.97 Å². The van der Waals surface area contributed by atoms with E-state index < -0.39 is 0 Å². The van der Waals surface area contributed by atoms with Crippen molar-refractivity contribution < 1.29 is 4.42 Å². The minimum atomic E-state index is 0.819. The largest absolute Gasteiger partial charge is 0.454 e. The molecule has 0 unspecified atom stereocenters. The lowest BCUT2D eigenvalue weighted by Gasteiger charge is -2.10. The van der Waals surface area contributed by atoms with Gasteiger partial charge < -0.3 is 8.98 Å². The van der Waals surface area contributed by atoms with Crippen molar-refractivity contribution in [2.75, 3.05) is 0 Å². The Morgan fingerprint density at radius 2 is 0.845 bits per heavy atom. The van der Waals surface area contributed by atoms with Gasteiger partial charge in [0.05, 0.1) is 39.1 Å². The Morgan fingerprint density at radius 3 is 1.43 bits per heavy atom. The molecule has 0 atom stereocenters.